The molecule has 1 aromatic heterocycles. The molecule has 1 aliphatic rings. The van der Waals surface area contributed by atoms with Gasteiger partial charge in [-0.25, -0.2) is 0 Å². The number of fused-ring (bicyclic) bond motifs is 2. The van der Waals surface area contributed by atoms with Crippen LogP contribution < -0.4 is 14.8 Å². The highest BCUT2D eigenvalue weighted by atomic mass is 79.9. The molecule has 0 radical (unpaired) electrons. The second-order valence-electron chi connectivity index (χ2n) is 6.31. The Kier molecular flexibility index (Phi) is 5.73. The van der Waals surface area contributed by atoms with Crippen molar-refractivity contribution in [3.63, 3.8) is 0 Å². The van der Waals surface area contributed by atoms with Crippen molar-refractivity contribution in [3.8, 4) is 17.4 Å². The predicted molar refractivity (Wildman–Crippen MR) is 114 cm³/mol. The molecule has 2 heterocycles. The lowest BCUT2D eigenvalue weighted by Gasteiger charge is -2.25. The molecule has 2 aromatic carbocycles. The first kappa shape index (κ1) is 20.4. The average Bonchev–Trinajstić information content (AvgIpc) is 3.05. The van der Waals surface area contributed by atoms with Crippen molar-refractivity contribution in [1.29, 1.82) is 0 Å². The summed E-state index contributed by atoms with van der Waals surface area (Å²) in [6.45, 7) is -0.341. The summed E-state index contributed by atoms with van der Waals surface area (Å²) < 4.78 is 12.5. The van der Waals surface area contributed by atoms with E-state index in [0.717, 1.165) is 4.47 Å². The normalized spacial score (nSPS) is 15.5. The number of aromatic nitrogens is 1. The van der Waals surface area contributed by atoms with Crippen LogP contribution in [0.2, 0.25) is 0 Å². The Morgan fingerprint density at radius 1 is 1.23 bits per heavy atom. The van der Waals surface area contributed by atoms with E-state index in [1.807, 2.05) is 0 Å². The van der Waals surface area contributed by atoms with Crippen LogP contribution in [0.15, 0.2) is 55.6 Å². The number of halogens is 2. The van der Waals surface area contributed by atoms with E-state index in [0.29, 0.717) is 26.9 Å². The van der Waals surface area contributed by atoms with E-state index in [1.165, 1.54) is 0 Å². The van der Waals surface area contributed by atoms with Crippen molar-refractivity contribution in [2.75, 3.05) is 13.2 Å². The lowest BCUT2D eigenvalue weighted by molar-refractivity contribution is -0.132. The Hall–Kier alpha value is -2.92. The minimum Gasteiger partial charge on any atom is -0.493 e. The SMILES string of the molecule is O=C(CNC(=O)C1COc2ccccc2O1)N=Nc1c(O)[nH]c2c(Br)cc(Br)cc12. The number of benzene rings is 2. The molecule has 0 spiro atoms. The predicted octanol–water partition coefficient (Wildman–Crippen LogP) is 3.97. The number of rotatable bonds is 4. The summed E-state index contributed by atoms with van der Waals surface area (Å²) in [5, 5.41) is 20.5. The zero-order valence-electron chi connectivity index (χ0n) is 15.2. The zero-order valence-corrected chi connectivity index (χ0v) is 18.4. The first-order valence-corrected chi connectivity index (χ1v) is 10.3. The maximum Gasteiger partial charge on any atom is 0.283 e. The molecule has 30 heavy (non-hydrogen) atoms. The number of aromatic hydroxyl groups is 1. The molecule has 0 aliphatic carbocycles. The van der Waals surface area contributed by atoms with Gasteiger partial charge >= 0.3 is 0 Å². The van der Waals surface area contributed by atoms with Gasteiger partial charge < -0.3 is 24.9 Å². The number of carbonyl (C=O) groups is 2. The van der Waals surface area contributed by atoms with Gasteiger partial charge in [0.05, 0.1) is 5.52 Å². The molecule has 3 N–H and O–H groups in total. The quantitative estimate of drug-likeness (QED) is 0.434. The second-order valence-corrected chi connectivity index (χ2v) is 8.08. The number of nitrogens with one attached hydrogen (secondary N) is 2. The van der Waals surface area contributed by atoms with Gasteiger partial charge in [-0.2, -0.15) is 0 Å². The van der Waals surface area contributed by atoms with Gasteiger partial charge in [-0.15, -0.1) is 10.2 Å². The lowest BCUT2D eigenvalue weighted by Crippen LogP contribution is -2.45. The van der Waals surface area contributed by atoms with Crippen molar-refractivity contribution in [2.45, 2.75) is 6.10 Å². The van der Waals surface area contributed by atoms with E-state index in [-0.39, 0.29) is 24.7 Å². The molecule has 1 atom stereocenters. The summed E-state index contributed by atoms with van der Waals surface area (Å²) in [5.41, 5.74) is 0.729. The number of amides is 2. The van der Waals surface area contributed by atoms with Gasteiger partial charge in [-0.3, -0.25) is 9.59 Å². The van der Waals surface area contributed by atoms with Gasteiger partial charge in [0.2, 0.25) is 12.0 Å². The number of H-pyrrole nitrogens is 1. The van der Waals surface area contributed by atoms with Crippen LogP contribution in [0, 0.1) is 0 Å². The van der Waals surface area contributed by atoms with Crippen molar-refractivity contribution in [1.82, 2.24) is 10.3 Å². The lowest BCUT2D eigenvalue weighted by atomic mass is 10.2. The summed E-state index contributed by atoms with van der Waals surface area (Å²) in [5.74, 6) is -0.403. The summed E-state index contributed by atoms with van der Waals surface area (Å²) in [4.78, 5) is 27.1. The van der Waals surface area contributed by atoms with Crippen LogP contribution in [-0.4, -0.2) is 41.2 Å². The minimum absolute atomic E-state index is 0.0333. The Labute approximate surface area is 186 Å². The van der Waals surface area contributed by atoms with E-state index < -0.39 is 17.9 Å². The third kappa shape index (κ3) is 4.17. The molecule has 0 saturated carbocycles. The van der Waals surface area contributed by atoms with Gasteiger partial charge in [0.1, 0.15) is 13.2 Å². The molecule has 2 amide bonds. The number of ether oxygens (including phenoxy) is 2. The Balaban J connectivity index is 1.39. The number of hydrogen-bond donors (Lipinski definition) is 3. The van der Waals surface area contributed by atoms with Crippen LogP contribution in [0.1, 0.15) is 0 Å². The van der Waals surface area contributed by atoms with E-state index >= 15 is 0 Å². The van der Waals surface area contributed by atoms with Crippen molar-refractivity contribution < 1.29 is 24.2 Å². The summed E-state index contributed by atoms with van der Waals surface area (Å²) >= 11 is 6.74. The first-order valence-electron chi connectivity index (χ1n) is 8.73. The van der Waals surface area contributed by atoms with Gasteiger partial charge in [-0.05, 0) is 40.2 Å². The first-order chi connectivity index (χ1) is 14.4. The molecule has 9 nitrogen and oxygen atoms in total. The highest BCUT2D eigenvalue weighted by Crippen LogP contribution is 2.40. The molecule has 1 aliphatic heterocycles. The Morgan fingerprint density at radius 2 is 2.00 bits per heavy atom. The maximum atomic E-state index is 12.3. The summed E-state index contributed by atoms with van der Waals surface area (Å²) in [7, 11) is 0. The van der Waals surface area contributed by atoms with Crippen LogP contribution in [0.25, 0.3) is 10.9 Å². The molecule has 0 saturated heterocycles. The van der Waals surface area contributed by atoms with E-state index in [1.54, 1.807) is 36.4 Å². The number of hydrogen-bond acceptors (Lipinski definition) is 6. The number of azo groups is 1. The molecular weight excluding hydrogens is 524 g/mol. The van der Waals surface area contributed by atoms with Crippen molar-refractivity contribution in [3.05, 3.63) is 45.3 Å². The van der Waals surface area contributed by atoms with Gasteiger partial charge in [-0.1, -0.05) is 28.1 Å². The number of aromatic amines is 1. The van der Waals surface area contributed by atoms with E-state index in [2.05, 4.69) is 52.4 Å². The summed E-state index contributed by atoms with van der Waals surface area (Å²) in [6, 6.07) is 10.5. The second kappa shape index (κ2) is 8.44. The Morgan fingerprint density at radius 3 is 2.80 bits per heavy atom. The fourth-order valence-corrected chi connectivity index (χ4v) is 4.18. The number of para-hydroxylation sites is 2. The molecule has 0 fully saturated rings. The van der Waals surface area contributed by atoms with Gasteiger partial charge in [0.25, 0.3) is 11.8 Å². The Bertz CT molecular complexity index is 1180. The number of carbonyl (C=O) groups excluding carboxylic acids is 2. The molecular formula is C19H14Br2N4O5. The van der Waals surface area contributed by atoms with E-state index in [4.69, 9.17) is 9.47 Å². The van der Waals surface area contributed by atoms with Crippen molar-refractivity contribution >= 4 is 60.3 Å². The molecule has 3 aromatic rings. The standard InChI is InChI=1S/C19H14Br2N4O5/c20-9-5-10-16(11(21)6-9)23-19(28)17(10)25-24-15(26)7-22-18(27)14-8-29-12-3-1-2-4-13(12)30-14/h1-6,14,23,28H,7-8H2,(H,22,27). The number of nitrogens with zero attached hydrogens (tertiary/aromatic N) is 2. The largest absolute Gasteiger partial charge is 0.493 e. The van der Waals surface area contributed by atoms with Crippen LogP contribution >= 0.6 is 31.9 Å². The fourth-order valence-electron chi connectivity index (χ4n) is 2.86. The molecule has 0 bridgehead atoms. The zero-order chi connectivity index (χ0) is 21.3. The highest BCUT2D eigenvalue weighted by molar-refractivity contribution is 9.11. The molecule has 154 valence electrons. The van der Waals surface area contributed by atoms with Crippen LogP contribution in [0.4, 0.5) is 5.69 Å². The highest BCUT2D eigenvalue weighted by Gasteiger charge is 2.27. The summed E-state index contributed by atoms with van der Waals surface area (Å²) in [6.07, 6.45) is -0.878. The van der Waals surface area contributed by atoms with Crippen LogP contribution in [-0.2, 0) is 9.59 Å². The fraction of sp³-hybridized carbons (Fsp3) is 0.158. The monoisotopic (exact) mass is 536 g/mol. The average molecular weight is 538 g/mol. The third-order valence-electron chi connectivity index (χ3n) is 4.25. The molecule has 4 rings (SSSR count). The van der Waals surface area contributed by atoms with Gasteiger partial charge in [0.15, 0.2) is 17.2 Å². The van der Waals surface area contributed by atoms with E-state index in [9.17, 15) is 14.7 Å². The molecule has 1 unspecified atom stereocenters. The smallest absolute Gasteiger partial charge is 0.283 e. The maximum absolute atomic E-state index is 12.3. The van der Waals surface area contributed by atoms with Crippen molar-refractivity contribution in [2.24, 2.45) is 10.2 Å². The topological polar surface area (TPSA) is 125 Å². The van der Waals surface area contributed by atoms with Gasteiger partial charge in [0, 0.05) is 14.3 Å². The van der Waals surface area contributed by atoms with Crippen LogP contribution in [0.5, 0.6) is 17.4 Å². The third-order valence-corrected chi connectivity index (χ3v) is 5.34. The minimum atomic E-state index is -0.878. The molecule has 11 heteroatoms. The van der Waals surface area contributed by atoms with Crippen LogP contribution in [0.3, 0.4) is 0 Å².